The van der Waals surface area contributed by atoms with Gasteiger partial charge in [0.25, 0.3) is 0 Å². The van der Waals surface area contributed by atoms with Gasteiger partial charge in [-0.25, -0.2) is 0 Å². The van der Waals surface area contributed by atoms with Crippen molar-refractivity contribution < 1.29 is 14.3 Å². The van der Waals surface area contributed by atoms with Gasteiger partial charge in [-0.05, 0) is 32.3 Å². The maximum Gasteiger partial charge on any atom is 0.319 e. The van der Waals surface area contributed by atoms with Crippen molar-refractivity contribution in [3.63, 3.8) is 0 Å². The van der Waals surface area contributed by atoms with Gasteiger partial charge in [-0.1, -0.05) is 18.5 Å². The van der Waals surface area contributed by atoms with Gasteiger partial charge < -0.3 is 4.74 Å². The smallest absolute Gasteiger partial charge is 0.319 e. The Kier molecular flexibility index (Phi) is 3.55. The van der Waals surface area contributed by atoms with E-state index < -0.39 is 11.4 Å². The van der Waals surface area contributed by atoms with Gasteiger partial charge in [0.2, 0.25) is 0 Å². The van der Waals surface area contributed by atoms with Crippen LogP contribution in [0, 0.1) is 11.3 Å². The Morgan fingerprint density at radius 3 is 2.80 bits per heavy atom. The fourth-order valence-electron chi connectivity index (χ4n) is 1.67. The number of esters is 1. The quantitative estimate of drug-likeness (QED) is 0.540. The summed E-state index contributed by atoms with van der Waals surface area (Å²) in [6.45, 7) is 5.47. The Balaban J connectivity index is 3.01. The summed E-state index contributed by atoms with van der Waals surface area (Å²) in [6, 6.07) is 0. The molecule has 0 bridgehead atoms. The molecule has 0 aromatic rings. The zero-order chi connectivity index (χ0) is 11.6. The van der Waals surface area contributed by atoms with Crippen molar-refractivity contribution in [2.45, 2.75) is 27.2 Å². The largest absolute Gasteiger partial charge is 0.465 e. The van der Waals surface area contributed by atoms with Crippen LogP contribution in [0.1, 0.15) is 27.2 Å². The summed E-state index contributed by atoms with van der Waals surface area (Å²) in [6.07, 6.45) is 1.88. The van der Waals surface area contributed by atoms with Gasteiger partial charge in [0.1, 0.15) is 5.41 Å². The molecule has 1 rings (SSSR count). The molecule has 84 valence electrons. The summed E-state index contributed by atoms with van der Waals surface area (Å²) in [5.74, 6) is -0.839. The molecule has 0 aromatic heterocycles. The molecule has 1 aliphatic carbocycles. The van der Waals surface area contributed by atoms with Gasteiger partial charge in [0, 0.05) is 5.03 Å². The fourth-order valence-corrected chi connectivity index (χ4v) is 2.00. The number of hydrogen-bond donors (Lipinski definition) is 0. The molecule has 0 aliphatic heterocycles. The highest BCUT2D eigenvalue weighted by Crippen LogP contribution is 2.39. The van der Waals surface area contributed by atoms with E-state index in [1.165, 1.54) is 6.08 Å². The first-order valence-corrected chi connectivity index (χ1v) is 5.38. The Bertz CT molecular complexity index is 322. The van der Waals surface area contributed by atoms with E-state index in [0.717, 1.165) is 0 Å². The van der Waals surface area contributed by atoms with Gasteiger partial charge >= 0.3 is 5.97 Å². The highest BCUT2D eigenvalue weighted by atomic mass is 35.5. The van der Waals surface area contributed by atoms with Crippen LogP contribution in [0.3, 0.4) is 0 Å². The van der Waals surface area contributed by atoms with E-state index in [4.69, 9.17) is 16.3 Å². The molecular weight excluding hydrogens is 216 g/mol. The van der Waals surface area contributed by atoms with Crippen LogP contribution >= 0.6 is 11.6 Å². The lowest BCUT2D eigenvalue weighted by Crippen LogP contribution is -2.44. The summed E-state index contributed by atoms with van der Waals surface area (Å²) >= 11 is 5.80. The van der Waals surface area contributed by atoms with Crippen LogP contribution in [-0.4, -0.2) is 18.4 Å². The second-order valence-corrected chi connectivity index (χ2v) is 4.47. The topological polar surface area (TPSA) is 43.4 Å². The SMILES string of the molecule is CCOC(=O)[C@]1(C)C(=O)C=C(Cl)C[C@@H]1C. The molecular formula is C11H15ClO3. The second-order valence-electron chi connectivity index (χ2n) is 3.98. The van der Waals surface area contributed by atoms with Crippen molar-refractivity contribution in [3.8, 4) is 0 Å². The first-order chi connectivity index (χ1) is 6.92. The number of rotatable bonds is 2. The van der Waals surface area contributed by atoms with Crippen molar-refractivity contribution in [1.29, 1.82) is 0 Å². The van der Waals surface area contributed by atoms with Crippen molar-refractivity contribution in [1.82, 2.24) is 0 Å². The molecule has 0 heterocycles. The summed E-state index contributed by atoms with van der Waals surface area (Å²) in [7, 11) is 0. The highest BCUT2D eigenvalue weighted by Gasteiger charge is 2.48. The number of ketones is 1. The molecule has 0 spiro atoms. The van der Waals surface area contributed by atoms with E-state index in [9.17, 15) is 9.59 Å². The van der Waals surface area contributed by atoms with E-state index in [2.05, 4.69) is 0 Å². The van der Waals surface area contributed by atoms with Gasteiger partial charge in [0.15, 0.2) is 5.78 Å². The summed E-state index contributed by atoms with van der Waals surface area (Å²) in [4.78, 5) is 23.5. The molecule has 0 unspecified atom stereocenters. The molecule has 1 aliphatic rings. The number of ether oxygens (including phenoxy) is 1. The lowest BCUT2D eigenvalue weighted by Gasteiger charge is -2.33. The zero-order valence-corrected chi connectivity index (χ0v) is 9.93. The molecule has 4 heteroatoms. The number of carbonyl (C=O) groups excluding carboxylic acids is 2. The summed E-state index contributed by atoms with van der Waals surface area (Å²) < 4.78 is 4.93. The maximum absolute atomic E-state index is 11.8. The average Bonchev–Trinajstić information content (AvgIpc) is 2.14. The lowest BCUT2D eigenvalue weighted by molar-refractivity contribution is -0.161. The third-order valence-corrected chi connectivity index (χ3v) is 3.25. The minimum absolute atomic E-state index is 0.124. The third kappa shape index (κ3) is 2.07. The van der Waals surface area contributed by atoms with Gasteiger partial charge in [-0.3, -0.25) is 9.59 Å². The Morgan fingerprint density at radius 1 is 1.73 bits per heavy atom. The summed E-state index contributed by atoms with van der Waals surface area (Å²) in [5, 5.41) is 0.509. The number of hydrogen-bond acceptors (Lipinski definition) is 3. The fraction of sp³-hybridized carbons (Fsp3) is 0.636. The Hall–Kier alpha value is -0.830. The molecule has 0 aromatic carbocycles. The lowest BCUT2D eigenvalue weighted by atomic mass is 9.70. The van der Waals surface area contributed by atoms with Crippen molar-refractivity contribution in [2.75, 3.05) is 6.61 Å². The van der Waals surface area contributed by atoms with E-state index in [0.29, 0.717) is 11.5 Å². The summed E-state index contributed by atoms with van der Waals surface area (Å²) in [5.41, 5.74) is -1.08. The molecule has 2 atom stereocenters. The Labute approximate surface area is 94.4 Å². The van der Waals surface area contributed by atoms with Crippen molar-refractivity contribution in [3.05, 3.63) is 11.1 Å². The minimum Gasteiger partial charge on any atom is -0.465 e. The Morgan fingerprint density at radius 2 is 2.33 bits per heavy atom. The van der Waals surface area contributed by atoms with Crippen LogP contribution in [0.25, 0.3) is 0 Å². The molecule has 0 saturated carbocycles. The molecule has 0 saturated heterocycles. The van der Waals surface area contributed by atoms with Crippen LogP contribution in [0.5, 0.6) is 0 Å². The second kappa shape index (κ2) is 4.35. The van der Waals surface area contributed by atoms with Crippen LogP contribution in [0.2, 0.25) is 0 Å². The van der Waals surface area contributed by atoms with Crippen molar-refractivity contribution in [2.24, 2.45) is 11.3 Å². The number of allylic oxidation sites excluding steroid dienone is 2. The minimum atomic E-state index is -1.08. The molecule has 3 nitrogen and oxygen atoms in total. The predicted molar refractivity (Wildman–Crippen MR) is 57.5 cm³/mol. The molecule has 0 amide bonds. The van der Waals surface area contributed by atoms with E-state index in [-0.39, 0.29) is 18.3 Å². The predicted octanol–water partition coefficient (Wildman–Crippen LogP) is 2.29. The van der Waals surface area contributed by atoms with Crippen LogP contribution in [0.15, 0.2) is 11.1 Å². The maximum atomic E-state index is 11.8. The van der Waals surface area contributed by atoms with Crippen LogP contribution < -0.4 is 0 Å². The number of carbonyl (C=O) groups is 2. The molecule has 0 radical (unpaired) electrons. The highest BCUT2D eigenvalue weighted by molar-refractivity contribution is 6.32. The monoisotopic (exact) mass is 230 g/mol. The standard InChI is InChI=1S/C11H15ClO3/c1-4-15-10(14)11(3)7(2)5-8(12)6-9(11)13/h6-7H,4-5H2,1-3H3/t7-,11-/m0/s1. The van der Waals surface area contributed by atoms with Crippen LogP contribution in [-0.2, 0) is 14.3 Å². The van der Waals surface area contributed by atoms with Gasteiger partial charge in [-0.2, -0.15) is 0 Å². The van der Waals surface area contributed by atoms with E-state index >= 15 is 0 Å². The van der Waals surface area contributed by atoms with Gasteiger partial charge in [0.05, 0.1) is 6.61 Å². The number of halogens is 1. The van der Waals surface area contributed by atoms with E-state index in [1.54, 1.807) is 13.8 Å². The average molecular weight is 231 g/mol. The first kappa shape index (κ1) is 12.2. The molecule has 15 heavy (non-hydrogen) atoms. The van der Waals surface area contributed by atoms with E-state index in [1.807, 2.05) is 6.92 Å². The van der Waals surface area contributed by atoms with Crippen molar-refractivity contribution >= 4 is 23.4 Å². The molecule has 0 fully saturated rings. The zero-order valence-electron chi connectivity index (χ0n) is 9.17. The first-order valence-electron chi connectivity index (χ1n) is 5.00. The normalized spacial score (nSPS) is 31.1. The molecule has 0 N–H and O–H groups in total. The third-order valence-electron chi connectivity index (χ3n) is 2.99. The van der Waals surface area contributed by atoms with Crippen LogP contribution in [0.4, 0.5) is 0 Å². The van der Waals surface area contributed by atoms with Gasteiger partial charge in [-0.15, -0.1) is 0 Å².